The number of nitrogens with two attached hydrogens (primary N) is 1. The summed E-state index contributed by atoms with van der Waals surface area (Å²) in [5, 5.41) is 3.89. The molecule has 0 saturated carbocycles. The molecule has 1 rings (SSSR count). The molecule has 0 spiro atoms. The summed E-state index contributed by atoms with van der Waals surface area (Å²) in [6.07, 6.45) is 0. The number of hydrogen-bond acceptors (Lipinski definition) is 4. The highest BCUT2D eigenvalue weighted by Gasteiger charge is 2.14. The van der Waals surface area contributed by atoms with Crippen molar-refractivity contribution in [3.8, 4) is 11.5 Å². The van der Waals surface area contributed by atoms with Crippen LogP contribution in [0.2, 0.25) is 5.02 Å². The zero-order chi connectivity index (χ0) is 15.3. The summed E-state index contributed by atoms with van der Waals surface area (Å²) >= 11 is 6.21. The van der Waals surface area contributed by atoms with Crippen molar-refractivity contribution in [2.24, 2.45) is 5.73 Å². The lowest BCUT2D eigenvalue weighted by atomic mass is 10.1. The second-order valence-corrected chi connectivity index (χ2v) is 5.86. The van der Waals surface area contributed by atoms with Gasteiger partial charge in [-0.1, -0.05) is 11.6 Å². The Morgan fingerprint density at radius 2 is 2.00 bits per heavy atom. The Hall–Kier alpha value is -1.46. The molecule has 1 aromatic carbocycles. The molecule has 0 atom stereocenters. The van der Waals surface area contributed by atoms with E-state index in [0.717, 1.165) is 5.56 Å². The highest BCUT2D eigenvalue weighted by Crippen LogP contribution is 2.33. The number of primary amides is 1. The summed E-state index contributed by atoms with van der Waals surface area (Å²) in [5.41, 5.74) is 5.92. The third kappa shape index (κ3) is 5.27. The van der Waals surface area contributed by atoms with Crippen LogP contribution >= 0.6 is 11.6 Å². The Morgan fingerprint density at radius 3 is 2.50 bits per heavy atom. The van der Waals surface area contributed by atoms with Crippen LogP contribution in [0, 0.1) is 0 Å². The van der Waals surface area contributed by atoms with E-state index in [0.29, 0.717) is 23.1 Å². The number of hydrogen-bond donors (Lipinski definition) is 2. The first-order valence-corrected chi connectivity index (χ1v) is 6.63. The van der Waals surface area contributed by atoms with Gasteiger partial charge in [-0.05, 0) is 32.4 Å². The van der Waals surface area contributed by atoms with Crippen LogP contribution in [-0.4, -0.2) is 25.2 Å². The van der Waals surface area contributed by atoms with Crippen LogP contribution in [-0.2, 0) is 11.3 Å². The molecule has 0 heterocycles. The Labute approximate surface area is 124 Å². The topological polar surface area (TPSA) is 73.6 Å². The molecule has 0 aliphatic carbocycles. The quantitative estimate of drug-likeness (QED) is 0.844. The highest BCUT2D eigenvalue weighted by molar-refractivity contribution is 6.31. The molecule has 0 unspecified atom stereocenters. The fourth-order valence-electron chi connectivity index (χ4n) is 1.49. The van der Waals surface area contributed by atoms with Crippen LogP contribution in [0.1, 0.15) is 26.3 Å². The average molecular weight is 301 g/mol. The molecule has 0 bridgehead atoms. The molecule has 1 aromatic rings. The first-order valence-electron chi connectivity index (χ1n) is 6.25. The van der Waals surface area contributed by atoms with E-state index < -0.39 is 5.91 Å². The molecule has 5 nitrogen and oxygen atoms in total. The highest BCUT2D eigenvalue weighted by atomic mass is 35.5. The lowest BCUT2D eigenvalue weighted by Gasteiger charge is -2.21. The van der Waals surface area contributed by atoms with Crippen LogP contribution in [0.25, 0.3) is 0 Å². The van der Waals surface area contributed by atoms with Gasteiger partial charge >= 0.3 is 0 Å². The molecule has 1 amide bonds. The molecule has 3 N–H and O–H groups in total. The third-order valence-corrected chi connectivity index (χ3v) is 2.86. The number of amides is 1. The zero-order valence-corrected chi connectivity index (χ0v) is 13.0. The second kappa shape index (κ2) is 6.81. The van der Waals surface area contributed by atoms with Crippen molar-refractivity contribution in [1.29, 1.82) is 0 Å². The summed E-state index contributed by atoms with van der Waals surface area (Å²) in [4.78, 5) is 10.8. The SMILES string of the molecule is COc1cc(CNC(C)(C)C)c(Cl)cc1OCC(N)=O. The van der Waals surface area contributed by atoms with Crippen molar-refractivity contribution in [3.05, 3.63) is 22.7 Å². The Kier molecular flexibility index (Phi) is 5.65. The zero-order valence-electron chi connectivity index (χ0n) is 12.2. The Balaban J connectivity index is 2.91. The Bertz CT molecular complexity index is 484. The van der Waals surface area contributed by atoms with Crippen LogP contribution in [0.5, 0.6) is 11.5 Å². The average Bonchev–Trinajstić information content (AvgIpc) is 2.33. The van der Waals surface area contributed by atoms with Crippen molar-refractivity contribution in [1.82, 2.24) is 5.32 Å². The fraction of sp³-hybridized carbons (Fsp3) is 0.500. The van der Waals surface area contributed by atoms with Crippen LogP contribution in [0.15, 0.2) is 12.1 Å². The van der Waals surface area contributed by atoms with Crippen molar-refractivity contribution < 1.29 is 14.3 Å². The molecule has 0 aliphatic heterocycles. The van der Waals surface area contributed by atoms with E-state index in [1.807, 2.05) is 0 Å². The van der Waals surface area contributed by atoms with Crippen molar-refractivity contribution in [2.45, 2.75) is 32.9 Å². The molecule has 112 valence electrons. The number of rotatable bonds is 6. The Morgan fingerprint density at radius 1 is 1.35 bits per heavy atom. The summed E-state index contributed by atoms with van der Waals surface area (Å²) in [6, 6.07) is 3.42. The number of ether oxygens (including phenoxy) is 2. The smallest absolute Gasteiger partial charge is 0.255 e. The van der Waals surface area contributed by atoms with Gasteiger partial charge in [0.25, 0.3) is 5.91 Å². The van der Waals surface area contributed by atoms with Gasteiger partial charge in [0.05, 0.1) is 7.11 Å². The molecular weight excluding hydrogens is 280 g/mol. The van der Waals surface area contributed by atoms with Gasteiger partial charge in [-0.3, -0.25) is 4.79 Å². The first-order chi connectivity index (χ1) is 9.23. The lowest BCUT2D eigenvalue weighted by Crippen LogP contribution is -2.35. The van der Waals surface area contributed by atoms with Gasteiger partial charge in [-0.15, -0.1) is 0 Å². The molecule has 20 heavy (non-hydrogen) atoms. The second-order valence-electron chi connectivity index (χ2n) is 5.45. The van der Waals surface area contributed by atoms with E-state index >= 15 is 0 Å². The predicted octanol–water partition coefficient (Wildman–Crippen LogP) is 2.10. The summed E-state index contributed by atoms with van der Waals surface area (Å²) < 4.78 is 10.5. The third-order valence-electron chi connectivity index (χ3n) is 2.51. The van der Waals surface area contributed by atoms with E-state index in [2.05, 4.69) is 26.1 Å². The number of carbonyl (C=O) groups is 1. The molecule has 0 saturated heterocycles. The van der Waals surface area contributed by atoms with E-state index in [-0.39, 0.29) is 12.1 Å². The van der Waals surface area contributed by atoms with Crippen LogP contribution in [0.3, 0.4) is 0 Å². The number of nitrogens with one attached hydrogen (secondary N) is 1. The molecule has 0 fully saturated rings. The predicted molar refractivity (Wildman–Crippen MR) is 79.3 cm³/mol. The molecular formula is C14H21ClN2O3. The molecule has 0 aliphatic rings. The van der Waals surface area contributed by atoms with Gasteiger partial charge in [-0.25, -0.2) is 0 Å². The monoisotopic (exact) mass is 300 g/mol. The largest absolute Gasteiger partial charge is 0.493 e. The standard InChI is InChI=1S/C14H21ClN2O3/c1-14(2,3)17-7-9-5-11(19-4)12(6-10(9)15)20-8-13(16)18/h5-6,17H,7-8H2,1-4H3,(H2,16,18). The van der Waals surface area contributed by atoms with Gasteiger partial charge in [0.15, 0.2) is 18.1 Å². The van der Waals surface area contributed by atoms with E-state index in [4.69, 9.17) is 26.8 Å². The lowest BCUT2D eigenvalue weighted by molar-refractivity contribution is -0.119. The minimum Gasteiger partial charge on any atom is -0.493 e. The number of benzene rings is 1. The number of methoxy groups -OCH3 is 1. The van der Waals surface area contributed by atoms with Crippen molar-refractivity contribution in [3.63, 3.8) is 0 Å². The van der Waals surface area contributed by atoms with E-state index in [1.54, 1.807) is 12.1 Å². The van der Waals surface area contributed by atoms with Gasteiger partial charge in [0.1, 0.15) is 0 Å². The van der Waals surface area contributed by atoms with Crippen molar-refractivity contribution >= 4 is 17.5 Å². The number of carbonyl (C=O) groups excluding carboxylic acids is 1. The fourth-order valence-corrected chi connectivity index (χ4v) is 1.71. The minimum atomic E-state index is -0.554. The summed E-state index contributed by atoms with van der Waals surface area (Å²) in [7, 11) is 1.53. The van der Waals surface area contributed by atoms with Crippen LogP contribution in [0.4, 0.5) is 0 Å². The maximum Gasteiger partial charge on any atom is 0.255 e. The molecule has 6 heteroatoms. The maximum atomic E-state index is 10.8. The normalized spacial score (nSPS) is 11.2. The summed E-state index contributed by atoms with van der Waals surface area (Å²) in [5.74, 6) is 0.360. The van der Waals surface area contributed by atoms with Gasteiger partial charge in [0.2, 0.25) is 0 Å². The van der Waals surface area contributed by atoms with E-state index in [1.165, 1.54) is 7.11 Å². The van der Waals surface area contributed by atoms with Gasteiger partial charge in [-0.2, -0.15) is 0 Å². The minimum absolute atomic E-state index is 0.0162. The van der Waals surface area contributed by atoms with Crippen molar-refractivity contribution in [2.75, 3.05) is 13.7 Å². The maximum absolute atomic E-state index is 10.8. The number of halogens is 1. The van der Waals surface area contributed by atoms with Gasteiger partial charge in [0, 0.05) is 23.2 Å². The van der Waals surface area contributed by atoms with Crippen LogP contribution < -0.4 is 20.5 Å². The molecule has 0 aromatic heterocycles. The summed E-state index contributed by atoms with van der Waals surface area (Å²) in [6.45, 7) is 6.61. The van der Waals surface area contributed by atoms with E-state index in [9.17, 15) is 4.79 Å². The molecule has 0 radical (unpaired) electrons. The van der Waals surface area contributed by atoms with Gasteiger partial charge < -0.3 is 20.5 Å². The first kappa shape index (κ1) is 16.6.